The molecule has 0 spiro atoms. The number of hydrogen-bond donors (Lipinski definition) is 1. The molecule has 3 heteroatoms. The zero-order valence-corrected chi connectivity index (χ0v) is 10.2. The van der Waals surface area contributed by atoms with Crippen LogP contribution in [0.4, 0.5) is 0 Å². The van der Waals surface area contributed by atoms with Crippen molar-refractivity contribution < 1.29 is 9.47 Å². The highest BCUT2D eigenvalue weighted by molar-refractivity contribution is 5.54. The van der Waals surface area contributed by atoms with Crippen LogP contribution in [-0.2, 0) is 12.0 Å². The molecule has 0 saturated heterocycles. The van der Waals surface area contributed by atoms with E-state index in [1.165, 1.54) is 5.56 Å². The molecule has 0 unspecified atom stereocenters. The van der Waals surface area contributed by atoms with Crippen molar-refractivity contribution >= 4 is 0 Å². The molecule has 0 bridgehead atoms. The molecule has 0 atom stereocenters. The Morgan fingerprint density at radius 3 is 2.38 bits per heavy atom. The Balaban J connectivity index is 2.55. The van der Waals surface area contributed by atoms with E-state index in [1.807, 2.05) is 6.07 Å². The van der Waals surface area contributed by atoms with Gasteiger partial charge in [-0.05, 0) is 37.0 Å². The lowest BCUT2D eigenvalue weighted by Crippen LogP contribution is -2.20. The molecule has 0 aliphatic heterocycles. The molecular weight excluding hydrogens is 202 g/mol. The van der Waals surface area contributed by atoms with Crippen LogP contribution in [0.3, 0.4) is 0 Å². The highest BCUT2D eigenvalue weighted by atomic mass is 16.5. The number of methoxy groups -OCH3 is 2. The summed E-state index contributed by atoms with van der Waals surface area (Å²) in [7, 11) is 3.33. The van der Waals surface area contributed by atoms with Gasteiger partial charge in [0.1, 0.15) is 0 Å². The van der Waals surface area contributed by atoms with Crippen molar-refractivity contribution in [3.8, 4) is 11.5 Å². The Morgan fingerprint density at radius 2 is 1.94 bits per heavy atom. The van der Waals surface area contributed by atoms with Gasteiger partial charge in [0.2, 0.25) is 0 Å². The number of benzene rings is 1. The summed E-state index contributed by atoms with van der Waals surface area (Å²) >= 11 is 0. The largest absolute Gasteiger partial charge is 0.493 e. The van der Waals surface area contributed by atoms with E-state index in [9.17, 15) is 0 Å². The maximum absolute atomic E-state index is 6.26. The first-order chi connectivity index (χ1) is 7.64. The number of aryl methyl sites for hydroxylation is 1. The van der Waals surface area contributed by atoms with Crippen LogP contribution < -0.4 is 15.2 Å². The molecule has 1 fully saturated rings. The Hall–Kier alpha value is -1.22. The molecule has 0 aromatic heterocycles. The van der Waals surface area contributed by atoms with Crippen LogP contribution in [0.25, 0.3) is 0 Å². The quantitative estimate of drug-likeness (QED) is 0.847. The molecule has 88 valence electrons. The SMILES string of the molecule is CCc1cc(OC)c(OC)c(C2(N)CC2)c1. The molecule has 1 aliphatic carbocycles. The first-order valence-corrected chi connectivity index (χ1v) is 5.69. The minimum absolute atomic E-state index is 0.191. The van der Waals surface area contributed by atoms with Crippen molar-refractivity contribution in [2.45, 2.75) is 31.7 Å². The highest BCUT2D eigenvalue weighted by Gasteiger charge is 2.43. The van der Waals surface area contributed by atoms with Gasteiger partial charge in [-0.3, -0.25) is 0 Å². The first-order valence-electron chi connectivity index (χ1n) is 5.69. The lowest BCUT2D eigenvalue weighted by atomic mass is 9.99. The molecule has 0 heterocycles. The Labute approximate surface area is 96.5 Å². The average Bonchev–Trinajstić information content (AvgIpc) is 3.06. The maximum atomic E-state index is 6.26. The Bertz CT molecular complexity index is 397. The number of nitrogens with two attached hydrogens (primary N) is 1. The Morgan fingerprint density at radius 1 is 1.25 bits per heavy atom. The average molecular weight is 221 g/mol. The number of hydrogen-bond acceptors (Lipinski definition) is 3. The fourth-order valence-corrected chi connectivity index (χ4v) is 2.00. The molecule has 2 rings (SSSR count). The lowest BCUT2D eigenvalue weighted by Gasteiger charge is -2.18. The molecule has 1 aromatic carbocycles. The maximum Gasteiger partial charge on any atom is 0.165 e. The van der Waals surface area contributed by atoms with Crippen molar-refractivity contribution in [3.05, 3.63) is 23.3 Å². The molecule has 1 aromatic rings. The molecule has 3 nitrogen and oxygen atoms in total. The summed E-state index contributed by atoms with van der Waals surface area (Å²) in [6.45, 7) is 2.13. The smallest absolute Gasteiger partial charge is 0.165 e. The second-order valence-electron chi connectivity index (χ2n) is 4.39. The van der Waals surface area contributed by atoms with Gasteiger partial charge in [0.25, 0.3) is 0 Å². The predicted molar refractivity (Wildman–Crippen MR) is 64.0 cm³/mol. The van der Waals surface area contributed by atoms with E-state index in [0.29, 0.717) is 0 Å². The summed E-state index contributed by atoms with van der Waals surface area (Å²) in [4.78, 5) is 0. The fraction of sp³-hybridized carbons (Fsp3) is 0.538. The topological polar surface area (TPSA) is 44.5 Å². The third-order valence-electron chi connectivity index (χ3n) is 3.27. The van der Waals surface area contributed by atoms with Gasteiger partial charge >= 0.3 is 0 Å². The van der Waals surface area contributed by atoms with E-state index in [2.05, 4.69) is 13.0 Å². The molecule has 1 saturated carbocycles. The minimum atomic E-state index is -0.191. The third kappa shape index (κ3) is 1.76. The van der Waals surface area contributed by atoms with Crippen LogP contribution in [0.5, 0.6) is 11.5 Å². The summed E-state index contributed by atoms with van der Waals surface area (Å²) in [5.74, 6) is 1.58. The summed E-state index contributed by atoms with van der Waals surface area (Å²) < 4.78 is 10.8. The van der Waals surface area contributed by atoms with Gasteiger partial charge in [0.15, 0.2) is 11.5 Å². The van der Waals surface area contributed by atoms with Crippen molar-refractivity contribution in [1.82, 2.24) is 0 Å². The standard InChI is InChI=1S/C13H19NO2/c1-4-9-7-10(13(14)5-6-13)12(16-3)11(8-9)15-2/h7-8H,4-6,14H2,1-3H3. The van der Waals surface area contributed by atoms with Crippen LogP contribution in [-0.4, -0.2) is 14.2 Å². The van der Waals surface area contributed by atoms with Crippen LogP contribution >= 0.6 is 0 Å². The molecule has 2 N–H and O–H groups in total. The van der Waals surface area contributed by atoms with E-state index in [-0.39, 0.29) is 5.54 Å². The summed E-state index contributed by atoms with van der Waals surface area (Å²) in [5.41, 5.74) is 8.39. The van der Waals surface area contributed by atoms with Gasteiger partial charge in [-0.15, -0.1) is 0 Å². The Kier molecular flexibility index (Phi) is 2.80. The zero-order chi connectivity index (χ0) is 11.8. The van der Waals surface area contributed by atoms with Gasteiger partial charge in [-0.25, -0.2) is 0 Å². The van der Waals surface area contributed by atoms with Gasteiger partial charge in [0.05, 0.1) is 14.2 Å². The van der Waals surface area contributed by atoms with Crippen molar-refractivity contribution in [3.63, 3.8) is 0 Å². The molecule has 16 heavy (non-hydrogen) atoms. The monoisotopic (exact) mass is 221 g/mol. The van der Waals surface area contributed by atoms with Gasteiger partial charge in [-0.2, -0.15) is 0 Å². The second-order valence-corrected chi connectivity index (χ2v) is 4.39. The van der Waals surface area contributed by atoms with Gasteiger partial charge < -0.3 is 15.2 Å². The lowest BCUT2D eigenvalue weighted by molar-refractivity contribution is 0.348. The highest BCUT2D eigenvalue weighted by Crippen LogP contribution is 2.49. The van der Waals surface area contributed by atoms with Crippen LogP contribution in [0.15, 0.2) is 12.1 Å². The van der Waals surface area contributed by atoms with Crippen molar-refractivity contribution in [1.29, 1.82) is 0 Å². The predicted octanol–water partition coefficient (Wildman–Crippen LogP) is 2.21. The fourth-order valence-electron chi connectivity index (χ4n) is 2.00. The summed E-state index contributed by atoms with van der Waals surface area (Å²) in [6.07, 6.45) is 3.03. The van der Waals surface area contributed by atoms with E-state index in [1.54, 1.807) is 14.2 Å². The van der Waals surface area contributed by atoms with E-state index in [4.69, 9.17) is 15.2 Å². The second kappa shape index (κ2) is 3.98. The van der Waals surface area contributed by atoms with Gasteiger partial charge in [0, 0.05) is 11.1 Å². The van der Waals surface area contributed by atoms with E-state index < -0.39 is 0 Å². The molecular formula is C13H19NO2. The molecule has 0 amide bonds. The number of ether oxygens (including phenoxy) is 2. The van der Waals surface area contributed by atoms with Crippen LogP contribution in [0.2, 0.25) is 0 Å². The van der Waals surface area contributed by atoms with Crippen LogP contribution in [0.1, 0.15) is 30.9 Å². The van der Waals surface area contributed by atoms with Crippen molar-refractivity contribution in [2.24, 2.45) is 5.73 Å². The minimum Gasteiger partial charge on any atom is -0.493 e. The number of rotatable bonds is 4. The van der Waals surface area contributed by atoms with Gasteiger partial charge in [-0.1, -0.05) is 6.92 Å². The molecule has 1 aliphatic rings. The zero-order valence-electron chi connectivity index (χ0n) is 10.2. The summed E-state index contributed by atoms with van der Waals surface area (Å²) in [6, 6.07) is 4.17. The van der Waals surface area contributed by atoms with E-state index >= 15 is 0 Å². The van der Waals surface area contributed by atoms with Crippen LogP contribution in [0, 0.1) is 0 Å². The van der Waals surface area contributed by atoms with Crippen molar-refractivity contribution in [2.75, 3.05) is 14.2 Å². The summed E-state index contributed by atoms with van der Waals surface area (Å²) in [5, 5.41) is 0. The normalized spacial score (nSPS) is 17.0. The molecule has 0 radical (unpaired) electrons. The third-order valence-corrected chi connectivity index (χ3v) is 3.27. The first kappa shape index (κ1) is 11.3. The van der Waals surface area contributed by atoms with E-state index in [0.717, 1.165) is 36.3 Å².